The molecule has 0 fully saturated rings. The topological polar surface area (TPSA) is 78.7 Å². The molecule has 2 aromatic rings. The SMILES string of the molecule is C=CC(=C)OCCCCCCOc1ccc(N=Nc2ccc(OCCCCCCOC(=O)C=C)cc2)cc1. The van der Waals surface area contributed by atoms with E-state index in [2.05, 4.69) is 30.0 Å². The zero-order valence-electron chi connectivity index (χ0n) is 22.3. The summed E-state index contributed by atoms with van der Waals surface area (Å²) < 4.78 is 21.9. The average molecular weight is 521 g/mol. The van der Waals surface area contributed by atoms with Crippen LogP contribution in [0.25, 0.3) is 0 Å². The zero-order valence-corrected chi connectivity index (χ0v) is 22.3. The Morgan fingerprint density at radius 2 is 1.03 bits per heavy atom. The minimum atomic E-state index is -0.369. The number of hydrogen-bond acceptors (Lipinski definition) is 7. The summed E-state index contributed by atoms with van der Waals surface area (Å²) in [6.45, 7) is 13.2. The van der Waals surface area contributed by atoms with Crippen LogP contribution in [0.3, 0.4) is 0 Å². The van der Waals surface area contributed by atoms with Gasteiger partial charge in [-0.1, -0.05) is 19.7 Å². The average Bonchev–Trinajstić information content (AvgIpc) is 2.95. The molecule has 204 valence electrons. The number of ether oxygens (including phenoxy) is 4. The normalized spacial score (nSPS) is 10.6. The number of rotatable bonds is 21. The predicted molar refractivity (Wildman–Crippen MR) is 151 cm³/mol. The van der Waals surface area contributed by atoms with E-state index in [1.165, 1.54) is 6.08 Å². The summed E-state index contributed by atoms with van der Waals surface area (Å²) in [5.74, 6) is 1.89. The van der Waals surface area contributed by atoms with Gasteiger partial charge in [-0.3, -0.25) is 0 Å². The molecule has 0 aliphatic rings. The van der Waals surface area contributed by atoms with E-state index in [0.717, 1.165) is 74.2 Å². The van der Waals surface area contributed by atoms with Crippen molar-refractivity contribution in [3.05, 3.63) is 86.2 Å². The highest BCUT2D eigenvalue weighted by Gasteiger charge is 1.99. The van der Waals surface area contributed by atoms with E-state index in [1.54, 1.807) is 6.08 Å². The van der Waals surface area contributed by atoms with Crippen molar-refractivity contribution in [3.63, 3.8) is 0 Å². The molecule has 0 unspecified atom stereocenters. The molecule has 0 aliphatic heterocycles. The summed E-state index contributed by atoms with van der Waals surface area (Å²) in [5.41, 5.74) is 1.52. The van der Waals surface area contributed by atoms with E-state index in [0.29, 0.717) is 32.2 Å². The van der Waals surface area contributed by atoms with Gasteiger partial charge in [-0.15, -0.1) is 0 Å². The lowest BCUT2D eigenvalue weighted by Crippen LogP contribution is -2.02. The van der Waals surface area contributed by atoms with Crippen molar-refractivity contribution in [2.24, 2.45) is 10.2 Å². The van der Waals surface area contributed by atoms with Gasteiger partial charge < -0.3 is 18.9 Å². The second-order valence-electron chi connectivity index (χ2n) is 8.60. The molecular formula is C31H40N2O5. The van der Waals surface area contributed by atoms with E-state index >= 15 is 0 Å². The standard InChI is InChI=1S/C31H40N2O5/c1-4-26(3)35-22-10-6-7-11-23-36-29-18-14-27(15-19-29)32-33-28-16-20-30(21-17-28)37-24-12-8-9-13-25-38-31(34)5-2/h4-5,14-21H,1-3,6-13,22-25H2. The molecule has 0 saturated carbocycles. The first-order chi connectivity index (χ1) is 18.6. The van der Waals surface area contributed by atoms with Crippen molar-refractivity contribution in [2.75, 3.05) is 26.4 Å². The Bertz CT molecular complexity index is 918. The van der Waals surface area contributed by atoms with E-state index in [1.807, 2.05) is 48.5 Å². The molecule has 0 amide bonds. The summed E-state index contributed by atoms with van der Waals surface area (Å²) in [6.07, 6.45) is 10.8. The Morgan fingerprint density at radius 1 is 0.605 bits per heavy atom. The molecule has 0 spiro atoms. The first-order valence-electron chi connectivity index (χ1n) is 13.2. The van der Waals surface area contributed by atoms with Crippen LogP contribution in [-0.2, 0) is 14.3 Å². The summed E-state index contributed by atoms with van der Waals surface area (Å²) in [4.78, 5) is 11.0. The van der Waals surface area contributed by atoms with Crippen LogP contribution in [0.5, 0.6) is 11.5 Å². The molecule has 0 N–H and O–H groups in total. The van der Waals surface area contributed by atoms with Crippen molar-refractivity contribution in [2.45, 2.75) is 51.4 Å². The fourth-order valence-corrected chi connectivity index (χ4v) is 3.32. The number of benzene rings is 2. The number of nitrogens with zero attached hydrogens (tertiary/aromatic N) is 2. The molecule has 2 aromatic carbocycles. The van der Waals surface area contributed by atoms with Gasteiger partial charge >= 0.3 is 5.97 Å². The smallest absolute Gasteiger partial charge is 0.330 e. The van der Waals surface area contributed by atoms with Crippen LogP contribution in [0.4, 0.5) is 11.4 Å². The third-order valence-electron chi connectivity index (χ3n) is 5.50. The predicted octanol–water partition coefficient (Wildman–Crippen LogP) is 8.43. The van der Waals surface area contributed by atoms with Gasteiger partial charge in [0.15, 0.2) is 0 Å². The molecule has 0 radical (unpaired) electrons. The second-order valence-corrected chi connectivity index (χ2v) is 8.60. The molecule has 7 heteroatoms. The van der Waals surface area contributed by atoms with Crippen molar-refractivity contribution in [1.82, 2.24) is 0 Å². The minimum Gasteiger partial charge on any atom is -0.494 e. The maximum absolute atomic E-state index is 11.0. The molecule has 0 saturated heterocycles. The largest absolute Gasteiger partial charge is 0.494 e. The fraction of sp³-hybridized carbons (Fsp3) is 0.387. The molecule has 2 rings (SSSR count). The van der Waals surface area contributed by atoms with Crippen molar-refractivity contribution in [3.8, 4) is 11.5 Å². The van der Waals surface area contributed by atoms with Gasteiger partial charge in [-0.05, 0) is 106 Å². The summed E-state index contributed by atoms with van der Waals surface area (Å²) in [7, 11) is 0. The second kappa shape index (κ2) is 19.3. The first kappa shape index (κ1) is 30.4. The summed E-state index contributed by atoms with van der Waals surface area (Å²) >= 11 is 0. The van der Waals surface area contributed by atoms with E-state index < -0.39 is 0 Å². The lowest BCUT2D eigenvalue weighted by atomic mass is 10.2. The Kier molecular flexibility index (Phi) is 15.4. The van der Waals surface area contributed by atoms with Crippen molar-refractivity contribution < 1.29 is 23.7 Å². The molecule has 0 heterocycles. The van der Waals surface area contributed by atoms with Gasteiger partial charge in [0.25, 0.3) is 0 Å². The maximum Gasteiger partial charge on any atom is 0.330 e. The number of hydrogen-bond donors (Lipinski definition) is 0. The van der Waals surface area contributed by atoms with Gasteiger partial charge in [0.1, 0.15) is 17.3 Å². The van der Waals surface area contributed by atoms with Crippen LogP contribution >= 0.6 is 0 Å². The van der Waals surface area contributed by atoms with Crippen LogP contribution < -0.4 is 9.47 Å². The van der Waals surface area contributed by atoms with E-state index in [4.69, 9.17) is 18.9 Å². The molecule has 38 heavy (non-hydrogen) atoms. The van der Waals surface area contributed by atoms with Gasteiger partial charge in [-0.2, -0.15) is 10.2 Å². The van der Waals surface area contributed by atoms with Crippen molar-refractivity contribution >= 4 is 17.3 Å². The Hall–Kier alpha value is -3.87. The monoisotopic (exact) mass is 520 g/mol. The zero-order chi connectivity index (χ0) is 27.3. The molecule has 0 bridgehead atoms. The molecule has 0 aromatic heterocycles. The Morgan fingerprint density at radius 3 is 1.45 bits per heavy atom. The van der Waals surface area contributed by atoms with Crippen molar-refractivity contribution in [1.29, 1.82) is 0 Å². The van der Waals surface area contributed by atoms with Gasteiger partial charge in [0, 0.05) is 6.08 Å². The van der Waals surface area contributed by atoms with Gasteiger partial charge in [0.05, 0.1) is 37.8 Å². The maximum atomic E-state index is 11.0. The molecule has 7 nitrogen and oxygen atoms in total. The number of esters is 1. The third kappa shape index (κ3) is 14.0. The highest BCUT2D eigenvalue weighted by molar-refractivity contribution is 5.81. The number of carbonyl (C=O) groups excluding carboxylic acids is 1. The van der Waals surface area contributed by atoms with E-state index in [-0.39, 0.29) is 5.97 Å². The number of azo groups is 1. The van der Waals surface area contributed by atoms with Crippen LogP contribution in [0.15, 0.2) is 96.4 Å². The quantitative estimate of drug-likeness (QED) is 0.0412. The summed E-state index contributed by atoms with van der Waals surface area (Å²) in [6, 6.07) is 15.2. The molecule has 0 aliphatic carbocycles. The molecule has 0 atom stereocenters. The van der Waals surface area contributed by atoms with Gasteiger partial charge in [0.2, 0.25) is 0 Å². The summed E-state index contributed by atoms with van der Waals surface area (Å²) in [5, 5.41) is 8.60. The highest BCUT2D eigenvalue weighted by Crippen LogP contribution is 2.23. The number of allylic oxidation sites excluding steroid dienone is 1. The van der Waals surface area contributed by atoms with Crippen LogP contribution in [-0.4, -0.2) is 32.4 Å². The first-order valence-corrected chi connectivity index (χ1v) is 13.2. The van der Waals surface area contributed by atoms with Crippen LogP contribution in [0.1, 0.15) is 51.4 Å². The van der Waals surface area contributed by atoms with E-state index in [9.17, 15) is 4.79 Å². The lowest BCUT2D eigenvalue weighted by molar-refractivity contribution is -0.137. The number of unbranched alkanes of at least 4 members (excludes halogenated alkanes) is 6. The Labute approximate surface area is 226 Å². The Balaban J connectivity index is 1.57. The third-order valence-corrected chi connectivity index (χ3v) is 5.50. The minimum absolute atomic E-state index is 0.369. The lowest BCUT2D eigenvalue weighted by Gasteiger charge is -2.07. The van der Waals surface area contributed by atoms with Crippen LogP contribution in [0.2, 0.25) is 0 Å². The van der Waals surface area contributed by atoms with Crippen LogP contribution in [0, 0.1) is 0 Å². The highest BCUT2D eigenvalue weighted by atomic mass is 16.5. The van der Waals surface area contributed by atoms with Gasteiger partial charge in [-0.25, -0.2) is 4.79 Å². The fourth-order valence-electron chi connectivity index (χ4n) is 3.32. The number of carbonyl (C=O) groups is 1. The molecular weight excluding hydrogens is 480 g/mol.